The predicted octanol–water partition coefficient (Wildman–Crippen LogP) is 2.21. The van der Waals surface area contributed by atoms with E-state index in [1.54, 1.807) is 0 Å². The summed E-state index contributed by atoms with van der Waals surface area (Å²) in [5, 5.41) is 11.7. The molecule has 0 aromatic carbocycles. The van der Waals surface area contributed by atoms with Gasteiger partial charge in [0.1, 0.15) is 6.10 Å². The standard InChI is InChI=1S/C11H20NO/c13-11-7-3-2-6-10(11)12-8-4-1-5-9-12/h10-11H,1-9H2. The van der Waals surface area contributed by atoms with Crippen LogP contribution in [0.5, 0.6) is 0 Å². The summed E-state index contributed by atoms with van der Waals surface area (Å²) in [5.74, 6) is 0. The van der Waals surface area contributed by atoms with Gasteiger partial charge in [0, 0.05) is 6.04 Å². The minimum Gasteiger partial charge on any atom is -0.298 e. The second-order valence-electron chi connectivity index (χ2n) is 4.49. The molecule has 2 fully saturated rings. The Morgan fingerprint density at radius 2 is 1.54 bits per heavy atom. The van der Waals surface area contributed by atoms with Crippen molar-refractivity contribution in [1.82, 2.24) is 4.90 Å². The van der Waals surface area contributed by atoms with E-state index in [0.717, 1.165) is 12.8 Å². The number of likely N-dealkylation sites (tertiary alicyclic amines) is 1. The van der Waals surface area contributed by atoms with Crippen molar-refractivity contribution in [2.75, 3.05) is 13.1 Å². The van der Waals surface area contributed by atoms with Gasteiger partial charge in [0.25, 0.3) is 0 Å². The van der Waals surface area contributed by atoms with Gasteiger partial charge in [-0.2, -0.15) is 0 Å². The van der Waals surface area contributed by atoms with E-state index in [1.807, 2.05) is 0 Å². The van der Waals surface area contributed by atoms with Crippen LogP contribution in [0.25, 0.3) is 0 Å². The summed E-state index contributed by atoms with van der Waals surface area (Å²) in [7, 11) is 0. The molecule has 0 N–H and O–H groups in total. The van der Waals surface area contributed by atoms with E-state index < -0.39 is 0 Å². The number of nitrogens with zero attached hydrogens (tertiary/aromatic N) is 1. The third kappa shape index (κ3) is 2.23. The van der Waals surface area contributed by atoms with E-state index in [4.69, 9.17) is 0 Å². The highest BCUT2D eigenvalue weighted by atomic mass is 16.3. The van der Waals surface area contributed by atoms with Gasteiger partial charge in [0.15, 0.2) is 0 Å². The highest BCUT2D eigenvalue weighted by Gasteiger charge is 2.30. The van der Waals surface area contributed by atoms with Crippen LogP contribution in [-0.4, -0.2) is 30.1 Å². The maximum Gasteiger partial charge on any atom is 0.108 e. The van der Waals surface area contributed by atoms with Crippen LogP contribution in [0.1, 0.15) is 44.9 Å². The largest absolute Gasteiger partial charge is 0.298 e. The fraction of sp³-hybridized carbons (Fsp3) is 1.00. The smallest absolute Gasteiger partial charge is 0.108 e. The maximum atomic E-state index is 11.7. The Balaban J connectivity index is 1.88. The Kier molecular flexibility index (Phi) is 3.23. The second-order valence-corrected chi connectivity index (χ2v) is 4.49. The molecule has 0 spiro atoms. The Morgan fingerprint density at radius 3 is 2.23 bits per heavy atom. The molecule has 1 aliphatic carbocycles. The first-order chi connectivity index (χ1) is 6.38. The van der Waals surface area contributed by atoms with Crippen molar-refractivity contribution in [1.29, 1.82) is 0 Å². The number of rotatable bonds is 1. The molecule has 1 radical (unpaired) electrons. The van der Waals surface area contributed by atoms with Crippen LogP contribution in [0.3, 0.4) is 0 Å². The minimum absolute atomic E-state index is 0.285. The average Bonchev–Trinajstić information content (AvgIpc) is 2.20. The lowest BCUT2D eigenvalue weighted by atomic mass is 9.90. The van der Waals surface area contributed by atoms with E-state index >= 15 is 0 Å². The van der Waals surface area contributed by atoms with E-state index in [0.29, 0.717) is 6.04 Å². The first-order valence-corrected chi connectivity index (χ1v) is 5.78. The average molecular weight is 182 g/mol. The van der Waals surface area contributed by atoms with Crippen LogP contribution in [0.4, 0.5) is 0 Å². The summed E-state index contributed by atoms with van der Waals surface area (Å²) < 4.78 is 0. The molecule has 2 atom stereocenters. The van der Waals surface area contributed by atoms with Gasteiger partial charge in [-0.25, -0.2) is 5.11 Å². The van der Waals surface area contributed by atoms with E-state index in [9.17, 15) is 5.11 Å². The number of hydrogen-bond donors (Lipinski definition) is 0. The van der Waals surface area contributed by atoms with Crippen molar-refractivity contribution in [3.8, 4) is 0 Å². The summed E-state index contributed by atoms with van der Waals surface area (Å²) in [6.45, 7) is 2.37. The molecule has 0 aromatic heterocycles. The van der Waals surface area contributed by atoms with Gasteiger partial charge in [0.2, 0.25) is 0 Å². The molecule has 13 heavy (non-hydrogen) atoms. The van der Waals surface area contributed by atoms with Gasteiger partial charge in [-0.1, -0.05) is 19.3 Å². The van der Waals surface area contributed by atoms with E-state index in [1.165, 1.54) is 45.2 Å². The number of piperidine rings is 1. The van der Waals surface area contributed by atoms with Crippen LogP contribution >= 0.6 is 0 Å². The minimum atomic E-state index is -0.285. The molecule has 1 saturated heterocycles. The number of hydrogen-bond acceptors (Lipinski definition) is 1. The molecule has 2 unspecified atom stereocenters. The molecule has 1 aliphatic heterocycles. The zero-order chi connectivity index (χ0) is 9.10. The summed E-state index contributed by atoms with van der Waals surface area (Å²) in [5.41, 5.74) is 0. The molecule has 2 rings (SSSR count). The molecule has 2 heteroatoms. The summed E-state index contributed by atoms with van der Waals surface area (Å²) in [6, 6.07) is 0.383. The third-order valence-electron chi connectivity index (χ3n) is 3.53. The fourth-order valence-corrected chi connectivity index (χ4v) is 2.75. The zero-order valence-corrected chi connectivity index (χ0v) is 8.37. The molecule has 0 amide bonds. The van der Waals surface area contributed by atoms with Crippen LogP contribution in [0.15, 0.2) is 0 Å². The van der Waals surface area contributed by atoms with Crippen molar-refractivity contribution < 1.29 is 5.11 Å². The van der Waals surface area contributed by atoms with Crippen LogP contribution in [0, 0.1) is 0 Å². The molecule has 0 aromatic rings. The highest BCUT2D eigenvalue weighted by molar-refractivity contribution is 4.84. The Labute approximate surface area is 80.9 Å². The third-order valence-corrected chi connectivity index (χ3v) is 3.53. The summed E-state index contributed by atoms with van der Waals surface area (Å²) >= 11 is 0. The van der Waals surface area contributed by atoms with Crippen molar-refractivity contribution in [3.63, 3.8) is 0 Å². The summed E-state index contributed by atoms with van der Waals surface area (Å²) in [4.78, 5) is 2.46. The fourth-order valence-electron chi connectivity index (χ4n) is 2.75. The van der Waals surface area contributed by atoms with Crippen LogP contribution in [0.2, 0.25) is 0 Å². The SMILES string of the molecule is [O]C1CCCCC1N1CCCCC1. The molecule has 0 bridgehead atoms. The van der Waals surface area contributed by atoms with E-state index in [-0.39, 0.29) is 6.10 Å². The monoisotopic (exact) mass is 182 g/mol. The highest BCUT2D eigenvalue weighted by Crippen LogP contribution is 2.25. The van der Waals surface area contributed by atoms with Gasteiger partial charge in [-0.3, -0.25) is 4.90 Å². The second kappa shape index (κ2) is 4.43. The lowest BCUT2D eigenvalue weighted by Gasteiger charge is -2.38. The van der Waals surface area contributed by atoms with Crippen molar-refractivity contribution in [2.24, 2.45) is 0 Å². The molecular weight excluding hydrogens is 162 g/mol. The molecule has 2 nitrogen and oxygen atoms in total. The molecule has 1 saturated carbocycles. The van der Waals surface area contributed by atoms with Crippen molar-refractivity contribution in [3.05, 3.63) is 0 Å². The van der Waals surface area contributed by atoms with Crippen molar-refractivity contribution in [2.45, 2.75) is 57.1 Å². The van der Waals surface area contributed by atoms with E-state index in [2.05, 4.69) is 4.90 Å². The molecule has 1 heterocycles. The van der Waals surface area contributed by atoms with Gasteiger partial charge in [-0.15, -0.1) is 0 Å². The van der Waals surface area contributed by atoms with Gasteiger partial charge in [-0.05, 0) is 38.8 Å². The first-order valence-electron chi connectivity index (χ1n) is 5.78. The Hall–Kier alpha value is -0.0800. The van der Waals surface area contributed by atoms with Crippen LogP contribution < -0.4 is 0 Å². The van der Waals surface area contributed by atoms with Gasteiger partial charge < -0.3 is 0 Å². The molecular formula is C11H20NO. The normalized spacial score (nSPS) is 37.6. The lowest BCUT2D eigenvalue weighted by molar-refractivity contribution is -0.0298. The lowest BCUT2D eigenvalue weighted by Crippen LogP contribution is -2.47. The van der Waals surface area contributed by atoms with Gasteiger partial charge in [0.05, 0.1) is 0 Å². The summed E-state index contributed by atoms with van der Waals surface area (Å²) in [6.07, 6.45) is 8.22. The van der Waals surface area contributed by atoms with Crippen molar-refractivity contribution >= 4 is 0 Å². The topological polar surface area (TPSA) is 23.1 Å². The molecule has 75 valence electrons. The first kappa shape index (κ1) is 9.47. The van der Waals surface area contributed by atoms with Gasteiger partial charge >= 0.3 is 0 Å². The maximum absolute atomic E-state index is 11.7. The Bertz CT molecular complexity index is 154. The zero-order valence-electron chi connectivity index (χ0n) is 8.37. The quantitative estimate of drug-likeness (QED) is 0.610. The Morgan fingerprint density at radius 1 is 0.846 bits per heavy atom. The predicted molar refractivity (Wildman–Crippen MR) is 52.2 cm³/mol. The molecule has 2 aliphatic rings. The van der Waals surface area contributed by atoms with Crippen LogP contribution in [-0.2, 0) is 5.11 Å².